The van der Waals surface area contributed by atoms with Crippen molar-refractivity contribution in [2.24, 2.45) is 5.92 Å². The van der Waals surface area contributed by atoms with E-state index in [4.69, 9.17) is 11.6 Å². The van der Waals surface area contributed by atoms with E-state index in [1.165, 1.54) is 38.9 Å². The Bertz CT molecular complexity index is 104. The largest absolute Gasteiger partial charge is 0.303 e. The van der Waals surface area contributed by atoms with Crippen molar-refractivity contribution in [2.45, 2.75) is 26.2 Å². The minimum Gasteiger partial charge on any atom is -0.303 e. The van der Waals surface area contributed by atoms with Crippen LogP contribution >= 0.6 is 11.6 Å². The van der Waals surface area contributed by atoms with Crippen molar-refractivity contribution < 1.29 is 0 Å². The molecule has 0 aromatic carbocycles. The van der Waals surface area contributed by atoms with Gasteiger partial charge in [-0.1, -0.05) is 6.92 Å². The first-order chi connectivity index (χ1) is 5.36. The zero-order valence-corrected chi connectivity index (χ0v) is 8.11. The fraction of sp³-hybridized carbons (Fsp3) is 1.00. The molecule has 0 aromatic rings. The summed E-state index contributed by atoms with van der Waals surface area (Å²) in [6.07, 6.45) is 3.95. The first kappa shape index (κ1) is 9.34. The summed E-state index contributed by atoms with van der Waals surface area (Å²) in [6, 6.07) is 0. The molecule has 0 bridgehead atoms. The number of hydrogen-bond donors (Lipinski definition) is 0. The summed E-state index contributed by atoms with van der Waals surface area (Å²) in [4.78, 5) is 2.54. The predicted octanol–water partition coefficient (Wildman–Crippen LogP) is 2.35. The van der Waals surface area contributed by atoms with Gasteiger partial charge in [-0.15, -0.1) is 11.6 Å². The third-order valence-corrected chi connectivity index (χ3v) is 2.80. The van der Waals surface area contributed by atoms with Gasteiger partial charge in [0.05, 0.1) is 0 Å². The zero-order valence-electron chi connectivity index (χ0n) is 7.35. The van der Waals surface area contributed by atoms with Crippen molar-refractivity contribution in [3.63, 3.8) is 0 Å². The fourth-order valence-electron chi connectivity index (χ4n) is 1.80. The molecular weight excluding hydrogens is 158 g/mol. The Hall–Kier alpha value is 0.250. The van der Waals surface area contributed by atoms with E-state index < -0.39 is 0 Å². The minimum atomic E-state index is 0.761. The molecular formula is C9H18ClN. The van der Waals surface area contributed by atoms with Crippen molar-refractivity contribution in [1.29, 1.82) is 0 Å². The maximum absolute atomic E-state index is 5.82. The van der Waals surface area contributed by atoms with Crippen molar-refractivity contribution in [1.82, 2.24) is 4.90 Å². The van der Waals surface area contributed by atoms with Gasteiger partial charge in [-0.3, -0.25) is 0 Å². The summed E-state index contributed by atoms with van der Waals surface area (Å²) in [5.74, 6) is 1.61. The molecule has 1 aliphatic heterocycles. The van der Waals surface area contributed by atoms with Crippen LogP contribution in [-0.4, -0.2) is 30.4 Å². The van der Waals surface area contributed by atoms with Crippen molar-refractivity contribution in [3.8, 4) is 0 Å². The third-order valence-electron chi connectivity index (χ3n) is 2.36. The van der Waals surface area contributed by atoms with E-state index in [2.05, 4.69) is 11.8 Å². The molecule has 0 aromatic heterocycles. The Balaban J connectivity index is 2.21. The van der Waals surface area contributed by atoms with Gasteiger partial charge in [-0.25, -0.2) is 0 Å². The fourth-order valence-corrected chi connectivity index (χ4v) is 2.05. The topological polar surface area (TPSA) is 3.24 Å². The molecule has 1 unspecified atom stereocenters. The highest BCUT2D eigenvalue weighted by atomic mass is 35.5. The monoisotopic (exact) mass is 175 g/mol. The van der Waals surface area contributed by atoms with Crippen LogP contribution in [0.25, 0.3) is 0 Å². The molecule has 2 heteroatoms. The van der Waals surface area contributed by atoms with Crippen LogP contribution in [0.5, 0.6) is 0 Å². The quantitative estimate of drug-likeness (QED) is 0.596. The smallest absolute Gasteiger partial charge is 0.0263 e. The van der Waals surface area contributed by atoms with Gasteiger partial charge in [0.15, 0.2) is 0 Å². The van der Waals surface area contributed by atoms with E-state index >= 15 is 0 Å². The lowest BCUT2D eigenvalue weighted by molar-refractivity contribution is 0.186. The van der Waals surface area contributed by atoms with Crippen LogP contribution in [0.1, 0.15) is 26.2 Å². The van der Waals surface area contributed by atoms with Gasteiger partial charge in [0.25, 0.3) is 0 Å². The standard InChI is InChI=1S/C9H18ClN/c1-2-5-11-6-3-4-9(7-10)8-11/h9H,2-8H2,1H3. The molecule has 0 aliphatic carbocycles. The molecule has 1 fully saturated rings. The number of hydrogen-bond acceptors (Lipinski definition) is 1. The summed E-state index contributed by atoms with van der Waals surface area (Å²) in [5, 5.41) is 0. The molecule has 0 saturated carbocycles. The number of nitrogens with zero attached hydrogens (tertiary/aromatic N) is 1. The van der Waals surface area contributed by atoms with Gasteiger partial charge in [0.1, 0.15) is 0 Å². The Morgan fingerprint density at radius 2 is 2.36 bits per heavy atom. The van der Waals surface area contributed by atoms with E-state index in [1.54, 1.807) is 0 Å². The van der Waals surface area contributed by atoms with Crippen LogP contribution in [0.2, 0.25) is 0 Å². The van der Waals surface area contributed by atoms with Gasteiger partial charge in [0.2, 0.25) is 0 Å². The van der Waals surface area contributed by atoms with Gasteiger partial charge in [-0.05, 0) is 38.3 Å². The second-order valence-electron chi connectivity index (χ2n) is 3.46. The van der Waals surface area contributed by atoms with Gasteiger partial charge < -0.3 is 4.90 Å². The molecule has 0 radical (unpaired) electrons. The third kappa shape index (κ3) is 3.00. The Morgan fingerprint density at radius 1 is 1.55 bits per heavy atom. The highest BCUT2D eigenvalue weighted by Gasteiger charge is 2.17. The average Bonchev–Trinajstić information content (AvgIpc) is 2.06. The summed E-state index contributed by atoms with van der Waals surface area (Å²) in [7, 11) is 0. The average molecular weight is 176 g/mol. The van der Waals surface area contributed by atoms with Crippen LogP contribution in [0.3, 0.4) is 0 Å². The molecule has 1 saturated heterocycles. The Kier molecular flexibility index (Phi) is 4.24. The van der Waals surface area contributed by atoms with E-state index in [-0.39, 0.29) is 0 Å². The van der Waals surface area contributed by atoms with E-state index in [0.29, 0.717) is 0 Å². The number of likely N-dealkylation sites (tertiary alicyclic amines) is 1. The second kappa shape index (κ2) is 5.00. The number of halogens is 1. The highest BCUT2D eigenvalue weighted by molar-refractivity contribution is 6.18. The van der Waals surface area contributed by atoms with Crippen LogP contribution < -0.4 is 0 Å². The van der Waals surface area contributed by atoms with Gasteiger partial charge in [-0.2, -0.15) is 0 Å². The van der Waals surface area contributed by atoms with E-state index in [1.807, 2.05) is 0 Å². The molecule has 11 heavy (non-hydrogen) atoms. The summed E-state index contributed by atoms with van der Waals surface area (Å²) < 4.78 is 0. The lowest BCUT2D eigenvalue weighted by Gasteiger charge is -2.31. The van der Waals surface area contributed by atoms with Crippen molar-refractivity contribution in [3.05, 3.63) is 0 Å². The number of alkyl halides is 1. The van der Waals surface area contributed by atoms with Gasteiger partial charge >= 0.3 is 0 Å². The summed E-state index contributed by atoms with van der Waals surface area (Å²) in [6.45, 7) is 6.02. The Morgan fingerprint density at radius 3 is 3.00 bits per heavy atom. The summed E-state index contributed by atoms with van der Waals surface area (Å²) in [5.41, 5.74) is 0. The molecule has 1 rings (SSSR count). The number of piperidine rings is 1. The Labute approximate surface area is 74.7 Å². The first-order valence-corrected chi connectivity index (χ1v) is 5.18. The molecule has 0 N–H and O–H groups in total. The van der Waals surface area contributed by atoms with Crippen LogP contribution in [0.15, 0.2) is 0 Å². The molecule has 1 aliphatic rings. The van der Waals surface area contributed by atoms with Crippen LogP contribution in [0.4, 0.5) is 0 Å². The SMILES string of the molecule is CCCN1CCCC(CCl)C1. The second-order valence-corrected chi connectivity index (χ2v) is 3.77. The zero-order chi connectivity index (χ0) is 8.10. The molecule has 0 amide bonds. The first-order valence-electron chi connectivity index (χ1n) is 4.65. The van der Waals surface area contributed by atoms with Crippen molar-refractivity contribution in [2.75, 3.05) is 25.5 Å². The lowest BCUT2D eigenvalue weighted by Crippen LogP contribution is -2.36. The van der Waals surface area contributed by atoms with Gasteiger partial charge in [0, 0.05) is 12.4 Å². The molecule has 0 spiro atoms. The molecule has 1 nitrogen and oxygen atoms in total. The van der Waals surface area contributed by atoms with E-state index in [9.17, 15) is 0 Å². The predicted molar refractivity (Wildman–Crippen MR) is 50.2 cm³/mol. The van der Waals surface area contributed by atoms with E-state index in [0.717, 1.165) is 11.8 Å². The lowest BCUT2D eigenvalue weighted by atomic mass is 10.00. The molecule has 66 valence electrons. The maximum atomic E-state index is 5.82. The highest BCUT2D eigenvalue weighted by Crippen LogP contribution is 2.17. The van der Waals surface area contributed by atoms with Crippen LogP contribution in [-0.2, 0) is 0 Å². The summed E-state index contributed by atoms with van der Waals surface area (Å²) >= 11 is 5.82. The molecule has 1 heterocycles. The van der Waals surface area contributed by atoms with Crippen molar-refractivity contribution >= 4 is 11.6 Å². The number of rotatable bonds is 3. The molecule has 1 atom stereocenters. The normalized spacial score (nSPS) is 27.3. The maximum Gasteiger partial charge on any atom is 0.0263 e. The minimum absolute atomic E-state index is 0.761. The van der Waals surface area contributed by atoms with Crippen LogP contribution in [0, 0.1) is 5.92 Å².